The van der Waals surface area contributed by atoms with Crippen molar-refractivity contribution in [2.24, 2.45) is 0 Å². The third kappa shape index (κ3) is 26.0. The number of allylic oxidation sites excluding steroid dienone is 8. The Morgan fingerprint density at radius 3 is 0.240 bits per heavy atom. The van der Waals surface area contributed by atoms with Crippen molar-refractivity contribution in [1.29, 1.82) is 0 Å². The summed E-state index contributed by atoms with van der Waals surface area (Å²) in [6.45, 7) is 0. The average Bonchev–Trinajstić information content (AvgIpc) is 2.81. The fourth-order valence-electron chi connectivity index (χ4n) is 1.03. The van der Waals surface area contributed by atoms with Gasteiger partial charge in [0.15, 0.2) is 0 Å². The van der Waals surface area contributed by atoms with Crippen LogP contribution in [0.2, 0.25) is 0 Å². The second kappa shape index (κ2) is 21.8. The fourth-order valence-corrected chi connectivity index (χ4v) is 1.96. The molecule has 0 heterocycles. The maximum absolute atomic E-state index is 11.5. The Balaban J connectivity index is -0.000000127. The Hall–Kier alpha value is 0.0790. The number of hydrogen-bond donors (Lipinski definition) is 0. The van der Waals surface area contributed by atoms with Crippen molar-refractivity contribution < 1.29 is 140 Å². The predicted molar refractivity (Wildman–Crippen MR) is 135 cm³/mol. The van der Waals surface area contributed by atoms with Gasteiger partial charge in [-0.15, -0.1) is 39.2 Å². The smallest absolute Gasteiger partial charge is 0.777 e. The molecule has 0 saturated heterocycles. The van der Waals surface area contributed by atoms with Crippen LogP contribution in [0, 0.1) is 0 Å². The molecule has 34 heteroatoms. The van der Waals surface area contributed by atoms with Gasteiger partial charge in [-0.2, -0.15) is 105 Å². The van der Waals surface area contributed by atoms with Gasteiger partial charge in [-0.3, -0.25) is 0 Å². The van der Waals surface area contributed by atoms with Crippen LogP contribution in [0.4, 0.5) is 105 Å². The minimum atomic E-state index is -5.19. The van der Waals surface area contributed by atoms with Crippen molar-refractivity contribution in [3.8, 4) is 0 Å². The maximum Gasteiger partial charge on any atom is 3.00 e. The van der Waals surface area contributed by atoms with Crippen molar-refractivity contribution in [1.82, 2.24) is 0 Å². The van der Waals surface area contributed by atoms with Gasteiger partial charge in [0, 0.05) is 0 Å². The van der Waals surface area contributed by atoms with Gasteiger partial charge >= 0.3 is 83.5 Å². The zero-order valence-corrected chi connectivity index (χ0v) is 29.8. The molecule has 0 nitrogen and oxygen atoms in total. The van der Waals surface area contributed by atoms with E-state index in [1.807, 2.05) is 0 Å². The molecule has 298 valence electrons. The van der Waals surface area contributed by atoms with Crippen LogP contribution >= 0.6 is 0 Å². The molecule has 0 atom stereocenters. The monoisotopic (exact) mass is 1020 g/mol. The van der Waals surface area contributed by atoms with Crippen molar-refractivity contribution in [2.75, 3.05) is 0 Å². The third-order valence-corrected chi connectivity index (χ3v) is 6.89. The first-order valence-corrected chi connectivity index (χ1v) is 12.4. The number of rotatable bonds is 0. The molecule has 0 aromatic heterocycles. The Labute approximate surface area is 327 Å². The molecule has 0 aromatic rings. The van der Waals surface area contributed by atoms with Crippen LogP contribution in [0.3, 0.4) is 0 Å². The molecule has 0 fully saturated rings. The van der Waals surface area contributed by atoms with Gasteiger partial charge in [-0.25, -0.2) is 0 Å². The Morgan fingerprint density at radius 1 is 0.180 bits per heavy atom. The van der Waals surface area contributed by atoms with E-state index in [0.717, 1.165) is 0 Å². The van der Waals surface area contributed by atoms with Gasteiger partial charge in [-0.1, -0.05) is 0 Å². The summed E-state index contributed by atoms with van der Waals surface area (Å²) in [6, 6.07) is 0. The van der Waals surface area contributed by atoms with Crippen molar-refractivity contribution in [2.45, 2.75) is 49.4 Å². The second-order valence-corrected chi connectivity index (χ2v) is 9.88. The number of halogens is 24. The van der Waals surface area contributed by atoms with Crippen LogP contribution in [0.25, 0.3) is 0 Å². The molecule has 0 spiro atoms. The fraction of sp³-hybridized carbons (Fsp3) is 0.500. The summed E-state index contributed by atoms with van der Waals surface area (Å²) < 4.78 is 276. The number of hydrogen-bond acceptors (Lipinski definition) is 8. The molecule has 0 aliphatic heterocycles. The molecular formula is C16F24Fe2S8-2. The van der Waals surface area contributed by atoms with E-state index >= 15 is 0 Å². The molecule has 0 N–H and O–H groups in total. The summed E-state index contributed by atoms with van der Waals surface area (Å²) in [4.78, 5) is -17.6. The van der Waals surface area contributed by atoms with Crippen molar-refractivity contribution in [3.63, 3.8) is 0 Å². The van der Waals surface area contributed by atoms with Crippen LogP contribution in [-0.2, 0) is 135 Å². The normalized spacial score (nSPS) is 15.2. The van der Waals surface area contributed by atoms with Crippen LogP contribution in [0.5, 0.6) is 0 Å². The molecule has 0 saturated carbocycles. The van der Waals surface area contributed by atoms with E-state index in [-0.39, 0.29) is 34.1 Å². The van der Waals surface area contributed by atoms with Gasteiger partial charge in [-0.05, 0) is 0 Å². The van der Waals surface area contributed by atoms with E-state index in [2.05, 4.69) is 101 Å². The van der Waals surface area contributed by atoms with E-state index in [0.29, 0.717) is 0 Å². The molecule has 0 amide bonds. The van der Waals surface area contributed by atoms with Gasteiger partial charge in [0.05, 0.1) is 0 Å². The Bertz CT molecular complexity index is 902. The second-order valence-electron chi connectivity index (χ2n) is 6.62. The zero-order valence-electron chi connectivity index (χ0n) is 21.0. The zero-order chi connectivity index (χ0) is 40.6. The molecule has 0 aliphatic rings. The standard InChI is InChI=1S/4C4H2F6S2.2Fe/c4*5-3(6,7)1(11)2(12)4(8,9)10;;/h4*11-12H;;/q;;;;2*+3/p-8/b4*2-1-;;. The summed E-state index contributed by atoms with van der Waals surface area (Å²) in [5.74, 6) is 0. The first kappa shape index (κ1) is 62.1. The topological polar surface area (TPSA) is 0 Å². The molecular weight excluding hydrogens is 1020 g/mol. The van der Waals surface area contributed by atoms with Crippen LogP contribution in [-0.4, -0.2) is 49.4 Å². The molecule has 0 unspecified atom stereocenters. The molecule has 50 heavy (non-hydrogen) atoms. The van der Waals surface area contributed by atoms with Gasteiger partial charge in [0.2, 0.25) is 0 Å². The quantitative estimate of drug-likeness (QED) is 0.132. The Morgan fingerprint density at radius 2 is 0.220 bits per heavy atom. The first-order valence-electron chi connectivity index (χ1n) is 9.17. The van der Waals surface area contributed by atoms with Crippen LogP contribution in [0.1, 0.15) is 0 Å². The summed E-state index contributed by atoms with van der Waals surface area (Å²) in [7, 11) is 0. The molecule has 2 radical (unpaired) electrons. The average molecular weight is 1020 g/mol. The third-order valence-electron chi connectivity index (χ3n) is 2.88. The van der Waals surface area contributed by atoms with Gasteiger partial charge in [0.25, 0.3) is 0 Å². The summed E-state index contributed by atoms with van der Waals surface area (Å²) >= 11 is 27.8. The Kier molecular flexibility index (Phi) is 27.1. The predicted octanol–water partition coefficient (Wildman–Crippen LogP) is 9.66. The van der Waals surface area contributed by atoms with Crippen molar-refractivity contribution in [3.05, 3.63) is 39.2 Å². The first-order chi connectivity index (χ1) is 20.3. The van der Waals surface area contributed by atoms with E-state index in [4.69, 9.17) is 0 Å². The molecule has 0 bridgehead atoms. The molecule has 0 aromatic carbocycles. The van der Waals surface area contributed by atoms with Crippen LogP contribution < -0.4 is 0 Å². The van der Waals surface area contributed by atoms with E-state index in [1.165, 1.54) is 0 Å². The van der Waals surface area contributed by atoms with Gasteiger partial charge < -0.3 is 101 Å². The van der Waals surface area contributed by atoms with E-state index < -0.39 is 88.7 Å². The van der Waals surface area contributed by atoms with E-state index in [9.17, 15) is 105 Å². The summed E-state index contributed by atoms with van der Waals surface area (Å²) in [5.41, 5.74) is 0. The van der Waals surface area contributed by atoms with Crippen molar-refractivity contribution >= 4 is 101 Å². The minimum Gasteiger partial charge on any atom is -0.777 e. The summed E-state index contributed by atoms with van der Waals surface area (Å²) in [5, 5.41) is 0. The number of alkyl halides is 24. The molecule has 0 aliphatic carbocycles. The maximum atomic E-state index is 11.5. The SMILES string of the molecule is FC(F)(F)/C([S-])=C(/[S-])C(F)(F)F.FC(F)(F)/C([S-])=C(/[S-])C(F)(F)F.FC(F)(F)/C([S-])=C(/[S-])C(F)(F)F.FC(F)(F)/C([S-])=C(/[S-])C(F)(F)F.[Fe+3].[Fe+3]. The van der Waals surface area contributed by atoms with Gasteiger partial charge in [0.1, 0.15) is 0 Å². The summed E-state index contributed by atoms with van der Waals surface area (Å²) in [6.07, 6.45) is -41.5. The van der Waals surface area contributed by atoms with E-state index in [1.54, 1.807) is 0 Å². The molecule has 0 rings (SSSR count). The largest absolute Gasteiger partial charge is 3.00 e. The minimum absolute atomic E-state index is 0. The van der Waals surface area contributed by atoms with Crippen LogP contribution in [0.15, 0.2) is 39.2 Å².